The molecule has 120 valence electrons. The van der Waals surface area contributed by atoms with E-state index in [1.165, 1.54) is 68.1 Å². The molecule has 0 aliphatic rings. The molecular formula is C20H35N. The Morgan fingerprint density at radius 2 is 1.52 bits per heavy atom. The van der Waals surface area contributed by atoms with Gasteiger partial charge in [-0.25, -0.2) is 0 Å². The van der Waals surface area contributed by atoms with Gasteiger partial charge in [-0.15, -0.1) is 0 Å². The molecule has 1 aromatic rings. The first-order chi connectivity index (χ1) is 10.1. The van der Waals surface area contributed by atoms with Crippen molar-refractivity contribution in [2.45, 2.75) is 85.1 Å². The summed E-state index contributed by atoms with van der Waals surface area (Å²) in [5.74, 6) is 0. The van der Waals surface area contributed by atoms with Crippen LogP contribution in [0.5, 0.6) is 0 Å². The highest BCUT2D eigenvalue weighted by Gasteiger charge is 2.07. The van der Waals surface area contributed by atoms with Crippen LogP contribution in [0.3, 0.4) is 0 Å². The van der Waals surface area contributed by atoms with Crippen molar-refractivity contribution in [1.82, 2.24) is 5.32 Å². The van der Waals surface area contributed by atoms with Crippen molar-refractivity contribution in [3.8, 4) is 0 Å². The predicted molar refractivity (Wildman–Crippen MR) is 94.9 cm³/mol. The van der Waals surface area contributed by atoms with Gasteiger partial charge < -0.3 is 5.32 Å². The number of hydrogen-bond donors (Lipinski definition) is 1. The van der Waals surface area contributed by atoms with Crippen molar-refractivity contribution in [3.05, 3.63) is 34.9 Å². The van der Waals surface area contributed by atoms with Crippen molar-refractivity contribution < 1.29 is 0 Å². The Balaban J connectivity index is 2.09. The Hall–Kier alpha value is -0.820. The maximum absolute atomic E-state index is 3.67. The minimum Gasteiger partial charge on any atom is -0.310 e. The Kier molecular flexibility index (Phi) is 9.41. The average molecular weight is 290 g/mol. The van der Waals surface area contributed by atoms with E-state index in [2.05, 4.69) is 51.2 Å². The minimum atomic E-state index is 0.468. The zero-order valence-electron chi connectivity index (χ0n) is 14.7. The molecule has 1 atom stereocenters. The summed E-state index contributed by atoms with van der Waals surface area (Å²) < 4.78 is 0. The van der Waals surface area contributed by atoms with Gasteiger partial charge in [0.1, 0.15) is 0 Å². The third-order valence-electron chi connectivity index (χ3n) is 4.37. The molecule has 0 radical (unpaired) electrons. The quantitative estimate of drug-likeness (QED) is 0.486. The fraction of sp³-hybridized carbons (Fsp3) is 0.700. The lowest BCUT2D eigenvalue weighted by Gasteiger charge is -2.17. The van der Waals surface area contributed by atoms with Gasteiger partial charge in [0.05, 0.1) is 0 Å². The monoisotopic (exact) mass is 289 g/mol. The molecule has 0 heterocycles. The summed E-state index contributed by atoms with van der Waals surface area (Å²) in [7, 11) is 0. The van der Waals surface area contributed by atoms with Crippen LogP contribution in [-0.4, -0.2) is 6.54 Å². The van der Waals surface area contributed by atoms with E-state index in [0.29, 0.717) is 6.04 Å². The van der Waals surface area contributed by atoms with Gasteiger partial charge in [-0.1, -0.05) is 75.6 Å². The molecule has 0 saturated heterocycles. The third kappa shape index (κ3) is 7.66. The molecule has 1 aromatic carbocycles. The number of benzene rings is 1. The van der Waals surface area contributed by atoms with Crippen LogP contribution in [0, 0.1) is 13.8 Å². The van der Waals surface area contributed by atoms with Crippen molar-refractivity contribution in [2.24, 2.45) is 0 Å². The molecular weight excluding hydrogens is 254 g/mol. The SMILES string of the molecule is CCCCCCCCCCNC(C)c1ccc(C)cc1C. The highest BCUT2D eigenvalue weighted by molar-refractivity contribution is 5.32. The van der Waals surface area contributed by atoms with E-state index in [0.717, 1.165) is 6.54 Å². The molecule has 0 fully saturated rings. The fourth-order valence-corrected chi connectivity index (χ4v) is 3.00. The van der Waals surface area contributed by atoms with E-state index in [1.807, 2.05) is 0 Å². The van der Waals surface area contributed by atoms with Gasteiger partial charge in [0.2, 0.25) is 0 Å². The van der Waals surface area contributed by atoms with Gasteiger partial charge in [0.15, 0.2) is 0 Å². The summed E-state index contributed by atoms with van der Waals surface area (Å²) in [5, 5.41) is 3.67. The van der Waals surface area contributed by atoms with Gasteiger partial charge >= 0.3 is 0 Å². The smallest absolute Gasteiger partial charge is 0.0294 e. The third-order valence-corrected chi connectivity index (χ3v) is 4.37. The van der Waals surface area contributed by atoms with Crippen molar-refractivity contribution in [1.29, 1.82) is 0 Å². The van der Waals surface area contributed by atoms with E-state index in [1.54, 1.807) is 0 Å². The molecule has 0 bridgehead atoms. The molecule has 0 amide bonds. The first-order valence-electron chi connectivity index (χ1n) is 8.95. The second kappa shape index (κ2) is 10.8. The van der Waals surface area contributed by atoms with Crippen LogP contribution < -0.4 is 5.32 Å². The van der Waals surface area contributed by atoms with Gasteiger partial charge in [-0.2, -0.15) is 0 Å². The standard InChI is InChI=1S/C20H35N/c1-5-6-7-8-9-10-11-12-15-21-19(4)20-14-13-17(2)16-18(20)3/h13-14,16,19,21H,5-12,15H2,1-4H3. The number of rotatable bonds is 11. The Bertz CT molecular complexity index is 383. The number of nitrogens with one attached hydrogen (secondary N) is 1. The van der Waals surface area contributed by atoms with Crippen molar-refractivity contribution >= 4 is 0 Å². The van der Waals surface area contributed by atoms with Crippen molar-refractivity contribution in [2.75, 3.05) is 6.54 Å². The second-order valence-electron chi connectivity index (χ2n) is 6.51. The predicted octanol–water partition coefficient (Wildman–Crippen LogP) is 6.09. The molecule has 0 aliphatic heterocycles. The van der Waals surface area contributed by atoms with Gasteiger partial charge in [0.25, 0.3) is 0 Å². The summed E-state index contributed by atoms with van der Waals surface area (Å²) in [5.41, 5.74) is 4.21. The largest absolute Gasteiger partial charge is 0.310 e. The Morgan fingerprint density at radius 1 is 0.905 bits per heavy atom. The number of aryl methyl sites for hydroxylation is 2. The van der Waals surface area contributed by atoms with Crippen molar-refractivity contribution in [3.63, 3.8) is 0 Å². The average Bonchev–Trinajstić information content (AvgIpc) is 2.45. The van der Waals surface area contributed by atoms with Crippen LogP contribution in [0.25, 0.3) is 0 Å². The fourth-order valence-electron chi connectivity index (χ4n) is 3.00. The molecule has 1 N–H and O–H groups in total. The lowest BCUT2D eigenvalue weighted by molar-refractivity contribution is 0.520. The van der Waals surface area contributed by atoms with Crippen LogP contribution in [-0.2, 0) is 0 Å². The topological polar surface area (TPSA) is 12.0 Å². The van der Waals surface area contributed by atoms with Crippen LogP contribution in [0.4, 0.5) is 0 Å². The maximum atomic E-state index is 3.67. The van der Waals surface area contributed by atoms with Crippen LogP contribution in [0.1, 0.15) is 87.9 Å². The Labute approximate surface area is 132 Å². The minimum absolute atomic E-state index is 0.468. The number of unbranched alkanes of at least 4 members (excludes halogenated alkanes) is 7. The summed E-state index contributed by atoms with van der Waals surface area (Å²) in [4.78, 5) is 0. The first-order valence-corrected chi connectivity index (χ1v) is 8.95. The molecule has 1 heteroatoms. The van der Waals surface area contributed by atoms with Gasteiger partial charge in [-0.05, 0) is 44.9 Å². The normalized spacial score (nSPS) is 12.6. The zero-order chi connectivity index (χ0) is 15.5. The van der Waals surface area contributed by atoms with Gasteiger partial charge in [-0.3, -0.25) is 0 Å². The first kappa shape index (κ1) is 18.2. The highest BCUT2D eigenvalue weighted by Crippen LogP contribution is 2.18. The summed E-state index contributed by atoms with van der Waals surface area (Å²) in [6.07, 6.45) is 11.1. The molecule has 0 saturated carbocycles. The summed E-state index contributed by atoms with van der Waals surface area (Å²) >= 11 is 0. The summed E-state index contributed by atoms with van der Waals surface area (Å²) in [6.45, 7) is 10.1. The molecule has 0 aromatic heterocycles. The molecule has 1 rings (SSSR count). The molecule has 1 unspecified atom stereocenters. The van der Waals surface area contributed by atoms with Crippen LogP contribution in [0.2, 0.25) is 0 Å². The van der Waals surface area contributed by atoms with E-state index >= 15 is 0 Å². The molecule has 21 heavy (non-hydrogen) atoms. The second-order valence-corrected chi connectivity index (χ2v) is 6.51. The zero-order valence-corrected chi connectivity index (χ0v) is 14.7. The van der Waals surface area contributed by atoms with E-state index in [-0.39, 0.29) is 0 Å². The van der Waals surface area contributed by atoms with E-state index in [9.17, 15) is 0 Å². The molecule has 0 aliphatic carbocycles. The lowest BCUT2D eigenvalue weighted by atomic mass is 10.00. The van der Waals surface area contributed by atoms with E-state index in [4.69, 9.17) is 0 Å². The number of hydrogen-bond acceptors (Lipinski definition) is 1. The highest BCUT2D eigenvalue weighted by atomic mass is 14.9. The van der Waals surface area contributed by atoms with Gasteiger partial charge in [0, 0.05) is 6.04 Å². The van der Waals surface area contributed by atoms with Crippen LogP contribution >= 0.6 is 0 Å². The van der Waals surface area contributed by atoms with E-state index < -0.39 is 0 Å². The lowest BCUT2D eigenvalue weighted by Crippen LogP contribution is -2.20. The maximum Gasteiger partial charge on any atom is 0.0294 e. The molecule has 0 spiro atoms. The van der Waals surface area contributed by atoms with Crippen LogP contribution in [0.15, 0.2) is 18.2 Å². The Morgan fingerprint density at radius 3 is 2.14 bits per heavy atom. The molecule has 1 nitrogen and oxygen atoms in total. The summed E-state index contributed by atoms with van der Waals surface area (Å²) in [6, 6.07) is 7.24.